The van der Waals surface area contributed by atoms with E-state index in [2.05, 4.69) is 17.2 Å². The zero-order valence-corrected chi connectivity index (χ0v) is 14.4. The van der Waals surface area contributed by atoms with E-state index in [1.54, 1.807) is 6.26 Å². The molecule has 2 amide bonds. The van der Waals surface area contributed by atoms with E-state index in [-0.39, 0.29) is 6.03 Å². The first-order chi connectivity index (χ1) is 11.5. The van der Waals surface area contributed by atoms with E-state index < -0.39 is 0 Å². The minimum atomic E-state index is 0.0153. The number of hydrogen-bond acceptors (Lipinski definition) is 3. The van der Waals surface area contributed by atoms with Crippen LogP contribution in [-0.4, -0.2) is 28.0 Å². The largest absolute Gasteiger partial charge is 0.444 e. The lowest BCUT2D eigenvalue weighted by Crippen LogP contribution is -2.63. The molecule has 5 nitrogen and oxygen atoms in total. The molecule has 2 unspecified atom stereocenters. The third kappa shape index (κ3) is 2.58. The van der Waals surface area contributed by atoms with Crippen molar-refractivity contribution in [3.8, 4) is 11.5 Å². The van der Waals surface area contributed by atoms with Gasteiger partial charge >= 0.3 is 6.03 Å². The van der Waals surface area contributed by atoms with E-state index in [1.165, 1.54) is 0 Å². The van der Waals surface area contributed by atoms with E-state index in [0.717, 1.165) is 47.7 Å². The second-order valence-corrected chi connectivity index (χ2v) is 7.28. The molecule has 2 fully saturated rings. The van der Waals surface area contributed by atoms with Crippen LogP contribution in [-0.2, 0) is 0 Å². The SMILES string of the molecule is Cc1coc(-c2cc(NC(=O)N3C4CC(C)CC3C4)ccc2C)n1. The molecule has 0 radical (unpaired) electrons. The van der Waals surface area contributed by atoms with Crippen LogP contribution in [0.5, 0.6) is 0 Å². The number of anilines is 1. The summed E-state index contributed by atoms with van der Waals surface area (Å²) in [5.74, 6) is 1.33. The summed E-state index contributed by atoms with van der Waals surface area (Å²) in [5, 5.41) is 3.05. The van der Waals surface area contributed by atoms with Gasteiger partial charge in [-0.1, -0.05) is 13.0 Å². The number of oxazole rings is 1. The minimum Gasteiger partial charge on any atom is -0.444 e. The topological polar surface area (TPSA) is 58.4 Å². The fourth-order valence-corrected chi connectivity index (χ4v) is 4.07. The fraction of sp³-hybridized carbons (Fsp3) is 0.474. The predicted octanol–water partition coefficient (Wildman–Crippen LogP) is 4.36. The molecule has 1 aromatic carbocycles. The standard InChI is InChI=1S/C19H23N3O2/c1-11-6-15-9-16(7-11)22(15)19(23)21-14-5-4-12(2)17(8-14)18-20-13(3)10-24-18/h4-5,8,10-11,15-16H,6-7,9H2,1-3H3,(H,21,23). The van der Waals surface area contributed by atoms with Crippen LogP contribution in [0.1, 0.15) is 37.4 Å². The summed E-state index contributed by atoms with van der Waals surface area (Å²) >= 11 is 0. The van der Waals surface area contributed by atoms with Gasteiger partial charge in [-0.2, -0.15) is 0 Å². The summed E-state index contributed by atoms with van der Waals surface area (Å²) in [7, 11) is 0. The van der Waals surface area contributed by atoms with Gasteiger partial charge in [-0.05, 0) is 56.7 Å². The summed E-state index contributed by atoms with van der Waals surface area (Å²) in [6.07, 6.45) is 5.05. The Bertz CT molecular complexity index is 771. The van der Waals surface area contributed by atoms with Gasteiger partial charge in [0.15, 0.2) is 0 Å². The second-order valence-electron chi connectivity index (χ2n) is 7.28. The minimum absolute atomic E-state index is 0.0153. The normalized spacial score (nSPS) is 25.3. The second kappa shape index (κ2) is 5.65. The van der Waals surface area contributed by atoms with Crippen molar-refractivity contribution in [2.45, 2.75) is 52.1 Å². The maximum atomic E-state index is 12.6. The quantitative estimate of drug-likeness (QED) is 0.892. The van der Waals surface area contributed by atoms with Crippen LogP contribution >= 0.6 is 0 Å². The molecule has 1 N–H and O–H groups in total. The van der Waals surface area contributed by atoms with Crippen molar-refractivity contribution in [2.75, 3.05) is 5.32 Å². The van der Waals surface area contributed by atoms with E-state index in [4.69, 9.17) is 4.42 Å². The summed E-state index contributed by atoms with van der Waals surface area (Å²) in [4.78, 5) is 19.0. The van der Waals surface area contributed by atoms with E-state index in [0.29, 0.717) is 18.0 Å². The molecule has 0 saturated carbocycles. The van der Waals surface area contributed by atoms with Gasteiger partial charge in [0, 0.05) is 23.3 Å². The highest BCUT2D eigenvalue weighted by Crippen LogP contribution is 2.41. The lowest BCUT2D eigenvalue weighted by Gasteiger charge is -2.54. The Hall–Kier alpha value is -2.30. The summed E-state index contributed by atoms with van der Waals surface area (Å²) < 4.78 is 5.51. The number of benzene rings is 1. The van der Waals surface area contributed by atoms with Crippen molar-refractivity contribution >= 4 is 11.7 Å². The molecule has 0 spiro atoms. The first kappa shape index (κ1) is 15.2. The van der Waals surface area contributed by atoms with Crippen molar-refractivity contribution in [1.82, 2.24) is 9.88 Å². The molecule has 0 aliphatic carbocycles. The van der Waals surface area contributed by atoms with Crippen molar-refractivity contribution < 1.29 is 9.21 Å². The molecule has 2 atom stereocenters. The Morgan fingerprint density at radius 3 is 2.67 bits per heavy atom. The summed E-state index contributed by atoms with van der Waals surface area (Å²) in [5.41, 5.74) is 3.62. The summed E-state index contributed by atoms with van der Waals surface area (Å²) in [6.45, 7) is 6.19. The maximum Gasteiger partial charge on any atom is 0.322 e. The third-order valence-electron chi connectivity index (χ3n) is 5.25. The zero-order chi connectivity index (χ0) is 16.8. The molecule has 5 heteroatoms. The fourth-order valence-electron chi connectivity index (χ4n) is 4.07. The molecule has 3 heterocycles. The molecule has 24 heavy (non-hydrogen) atoms. The van der Waals surface area contributed by atoms with Crippen LogP contribution < -0.4 is 5.32 Å². The number of carbonyl (C=O) groups excluding carboxylic acids is 1. The van der Waals surface area contributed by atoms with Crippen molar-refractivity contribution in [1.29, 1.82) is 0 Å². The van der Waals surface area contributed by atoms with Crippen LogP contribution in [0.4, 0.5) is 10.5 Å². The number of fused-ring (bicyclic) bond motifs is 2. The zero-order valence-electron chi connectivity index (χ0n) is 14.4. The first-order valence-corrected chi connectivity index (χ1v) is 8.63. The van der Waals surface area contributed by atoms with Crippen molar-refractivity contribution in [3.63, 3.8) is 0 Å². The Kier molecular flexibility index (Phi) is 3.59. The molecule has 2 aliphatic rings. The molecule has 126 valence electrons. The molecular formula is C19H23N3O2. The Balaban J connectivity index is 1.52. The lowest BCUT2D eigenvalue weighted by atomic mass is 9.74. The average Bonchev–Trinajstić information content (AvgIpc) is 2.95. The molecule has 2 aromatic rings. The molecular weight excluding hydrogens is 302 g/mol. The van der Waals surface area contributed by atoms with E-state index >= 15 is 0 Å². The highest BCUT2D eigenvalue weighted by molar-refractivity contribution is 5.91. The number of urea groups is 1. The van der Waals surface area contributed by atoms with Gasteiger partial charge in [-0.15, -0.1) is 0 Å². The molecule has 1 aromatic heterocycles. The monoisotopic (exact) mass is 325 g/mol. The molecule has 2 bridgehead atoms. The van der Waals surface area contributed by atoms with Crippen LogP contribution in [0.15, 0.2) is 28.9 Å². The van der Waals surface area contributed by atoms with Crippen molar-refractivity contribution in [3.05, 3.63) is 35.7 Å². The number of nitrogens with zero attached hydrogens (tertiary/aromatic N) is 2. The van der Waals surface area contributed by atoms with Crippen LogP contribution in [0.25, 0.3) is 11.5 Å². The van der Waals surface area contributed by atoms with Crippen molar-refractivity contribution in [2.24, 2.45) is 5.92 Å². The molecule has 4 rings (SSSR count). The number of amides is 2. The number of rotatable bonds is 2. The van der Waals surface area contributed by atoms with Gasteiger partial charge in [0.25, 0.3) is 0 Å². The Morgan fingerprint density at radius 1 is 1.25 bits per heavy atom. The lowest BCUT2D eigenvalue weighted by molar-refractivity contribution is -0.00600. The van der Waals surface area contributed by atoms with Crippen LogP contribution in [0, 0.1) is 19.8 Å². The van der Waals surface area contributed by atoms with Gasteiger partial charge < -0.3 is 14.6 Å². The number of piperidine rings is 1. The highest BCUT2D eigenvalue weighted by Gasteiger charge is 2.46. The van der Waals surface area contributed by atoms with Gasteiger partial charge in [0.1, 0.15) is 6.26 Å². The number of aromatic nitrogens is 1. The van der Waals surface area contributed by atoms with Gasteiger partial charge in [0.2, 0.25) is 5.89 Å². The highest BCUT2D eigenvalue weighted by atomic mass is 16.3. The van der Waals surface area contributed by atoms with Crippen LogP contribution in [0.2, 0.25) is 0 Å². The van der Waals surface area contributed by atoms with E-state index in [9.17, 15) is 4.79 Å². The number of nitrogens with one attached hydrogen (secondary N) is 1. The molecule has 2 saturated heterocycles. The molecule has 2 aliphatic heterocycles. The van der Waals surface area contributed by atoms with Gasteiger partial charge in [-0.25, -0.2) is 9.78 Å². The number of carbonyl (C=O) groups is 1. The van der Waals surface area contributed by atoms with Gasteiger partial charge in [-0.3, -0.25) is 0 Å². The third-order valence-corrected chi connectivity index (χ3v) is 5.25. The van der Waals surface area contributed by atoms with Crippen LogP contribution in [0.3, 0.4) is 0 Å². The number of aryl methyl sites for hydroxylation is 2. The Labute approximate surface area is 142 Å². The Morgan fingerprint density at radius 2 is 2.00 bits per heavy atom. The van der Waals surface area contributed by atoms with E-state index in [1.807, 2.05) is 36.9 Å². The smallest absolute Gasteiger partial charge is 0.322 e. The average molecular weight is 325 g/mol. The maximum absolute atomic E-state index is 12.6. The summed E-state index contributed by atoms with van der Waals surface area (Å²) in [6, 6.07) is 6.71. The number of hydrogen-bond donors (Lipinski definition) is 1. The predicted molar refractivity (Wildman–Crippen MR) is 92.9 cm³/mol. The first-order valence-electron chi connectivity index (χ1n) is 8.63. The van der Waals surface area contributed by atoms with Gasteiger partial charge in [0.05, 0.1) is 5.69 Å².